The van der Waals surface area contributed by atoms with Gasteiger partial charge in [-0.25, -0.2) is 9.78 Å². The summed E-state index contributed by atoms with van der Waals surface area (Å²) in [5, 5.41) is 0.682. The molecule has 1 heterocycles. The van der Waals surface area contributed by atoms with Gasteiger partial charge >= 0.3 is 6.03 Å². The molecule has 0 unspecified atom stereocenters. The molecule has 0 spiro atoms. The van der Waals surface area contributed by atoms with E-state index in [-0.39, 0.29) is 0 Å². The number of benzene rings is 1. The van der Waals surface area contributed by atoms with Gasteiger partial charge in [0.1, 0.15) is 0 Å². The van der Waals surface area contributed by atoms with Crippen molar-refractivity contribution in [1.82, 2.24) is 9.88 Å². The van der Waals surface area contributed by atoms with E-state index < -0.39 is 6.03 Å². The van der Waals surface area contributed by atoms with E-state index in [9.17, 15) is 4.79 Å². The van der Waals surface area contributed by atoms with E-state index in [0.717, 1.165) is 20.3 Å². The number of rotatable bonds is 6. The quantitative estimate of drug-likeness (QED) is 0.639. The molecule has 1 aromatic heterocycles. The van der Waals surface area contributed by atoms with Crippen molar-refractivity contribution in [3.05, 3.63) is 23.2 Å². The van der Waals surface area contributed by atoms with Crippen LogP contribution in [0.5, 0.6) is 0 Å². The van der Waals surface area contributed by atoms with Gasteiger partial charge in [-0.2, -0.15) is 0 Å². The molecule has 2 amide bonds. The van der Waals surface area contributed by atoms with Crippen LogP contribution in [0.2, 0.25) is 5.02 Å². The lowest BCUT2D eigenvalue weighted by atomic mass is 10.3. The zero-order valence-electron chi connectivity index (χ0n) is 10.5. The molecule has 0 radical (unpaired) electrons. The first-order valence-electron chi connectivity index (χ1n) is 5.89. The monoisotopic (exact) mass is 349 g/mol. The third-order valence-electron chi connectivity index (χ3n) is 2.58. The van der Waals surface area contributed by atoms with Crippen molar-refractivity contribution in [2.75, 3.05) is 24.7 Å². The van der Waals surface area contributed by atoms with Crippen LogP contribution in [-0.2, 0) is 0 Å². The van der Waals surface area contributed by atoms with E-state index in [1.54, 1.807) is 23.1 Å². The van der Waals surface area contributed by atoms with Crippen LogP contribution in [0, 0.1) is 0 Å². The molecule has 0 atom stereocenters. The van der Waals surface area contributed by atoms with Crippen molar-refractivity contribution in [2.45, 2.75) is 4.34 Å². The first kappa shape index (κ1) is 15.7. The maximum atomic E-state index is 11.2. The number of carbonyl (C=O) groups is 1. The second-order valence-electron chi connectivity index (χ2n) is 3.95. The van der Waals surface area contributed by atoms with E-state index in [0.29, 0.717) is 24.0 Å². The maximum Gasteiger partial charge on any atom is 0.314 e. The minimum Gasteiger partial charge on any atom is -0.351 e. The van der Waals surface area contributed by atoms with Crippen molar-refractivity contribution < 1.29 is 4.79 Å². The zero-order valence-corrected chi connectivity index (χ0v) is 13.7. The number of nitrogens with two attached hydrogens (primary N) is 1. The number of amides is 2. The highest BCUT2D eigenvalue weighted by atomic mass is 35.5. The molecule has 0 aliphatic rings. The summed E-state index contributed by atoms with van der Waals surface area (Å²) < 4.78 is 2.06. The van der Waals surface area contributed by atoms with Gasteiger partial charge in [-0.15, -0.1) is 22.9 Å². The molecular weight excluding hydrogens is 337 g/mol. The zero-order chi connectivity index (χ0) is 14.5. The number of hydrogen-bond acceptors (Lipinski definition) is 4. The van der Waals surface area contributed by atoms with Crippen LogP contribution >= 0.6 is 46.3 Å². The van der Waals surface area contributed by atoms with Crippen molar-refractivity contribution in [2.24, 2.45) is 5.73 Å². The van der Waals surface area contributed by atoms with Crippen molar-refractivity contribution in [3.63, 3.8) is 0 Å². The van der Waals surface area contributed by atoms with E-state index in [2.05, 4.69) is 4.98 Å². The Bertz CT molecular complexity index is 605. The molecule has 108 valence electrons. The summed E-state index contributed by atoms with van der Waals surface area (Å²) in [5.74, 6) is 1.11. The van der Waals surface area contributed by atoms with Crippen LogP contribution in [0.4, 0.5) is 4.79 Å². The van der Waals surface area contributed by atoms with Crippen LogP contribution in [0.15, 0.2) is 22.5 Å². The van der Waals surface area contributed by atoms with Gasteiger partial charge < -0.3 is 10.6 Å². The fourth-order valence-corrected chi connectivity index (χ4v) is 4.07. The molecule has 0 fully saturated rings. The van der Waals surface area contributed by atoms with Crippen LogP contribution < -0.4 is 5.73 Å². The fraction of sp³-hybridized carbons (Fsp3) is 0.333. The molecule has 2 aromatic rings. The molecule has 0 aliphatic heterocycles. The second kappa shape index (κ2) is 7.36. The molecular formula is C12H13Cl2N3OS2. The number of thiazole rings is 1. The molecule has 4 nitrogen and oxygen atoms in total. The third-order valence-corrected chi connectivity index (χ3v) is 5.15. The second-order valence-corrected chi connectivity index (χ2v) is 7.14. The van der Waals surface area contributed by atoms with Gasteiger partial charge in [0.25, 0.3) is 0 Å². The van der Waals surface area contributed by atoms with E-state index in [1.165, 1.54) is 4.90 Å². The Labute approximate surface area is 135 Å². The van der Waals surface area contributed by atoms with Gasteiger partial charge in [-0.05, 0) is 18.2 Å². The van der Waals surface area contributed by atoms with E-state index >= 15 is 0 Å². The number of nitrogens with zero attached hydrogens (tertiary/aromatic N) is 2. The lowest BCUT2D eigenvalue weighted by Crippen LogP contribution is -2.38. The third kappa shape index (κ3) is 4.15. The normalized spacial score (nSPS) is 10.9. The minimum atomic E-state index is -0.442. The minimum absolute atomic E-state index is 0.382. The average Bonchev–Trinajstić information content (AvgIpc) is 2.79. The first-order chi connectivity index (χ1) is 9.60. The number of halogens is 2. The van der Waals surface area contributed by atoms with Gasteiger partial charge in [0.15, 0.2) is 4.34 Å². The first-order valence-corrected chi connectivity index (χ1v) is 8.61. The van der Waals surface area contributed by atoms with E-state index in [4.69, 9.17) is 28.9 Å². The van der Waals surface area contributed by atoms with Crippen LogP contribution in [-0.4, -0.2) is 40.6 Å². The van der Waals surface area contributed by atoms with Crippen molar-refractivity contribution in [3.8, 4) is 0 Å². The molecule has 0 saturated heterocycles. The summed E-state index contributed by atoms with van der Waals surface area (Å²) in [7, 11) is 0. The highest BCUT2D eigenvalue weighted by molar-refractivity contribution is 8.01. The Morgan fingerprint density at radius 3 is 2.95 bits per heavy atom. The highest BCUT2D eigenvalue weighted by Gasteiger charge is 2.10. The topological polar surface area (TPSA) is 59.2 Å². The van der Waals surface area contributed by atoms with Crippen LogP contribution in [0.25, 0.3) is 10.2 Å². The molecule has 8 heteroatoms. The van der Waals surface area contributed by atoms with Crippen molar-refractivity contribution >= 4 is 62.5 Å². The Hall–Kier alpha value is -0.690. The number of aromatic nitrogens is 1. The standard InChI is InChI=1S/C12H13Cl2N3OS2/c13-3-4-17(11(15)18)5-6-19-12-16-9-7-8(14)1-2-10(9)20-12/h1-2,7H,3-6H2,(H2,15,18). The Morgan fingerprint density at radius 2 is 2.25 bits per heavy atom. The van der Waals surface area contributed by atoms with E-state index in [1.807, 2.05) is 18.2 Å². The summed E-state index contributed by atoms with van der Waals surface area (Å²) >= 11 is 14.8. The molecule has 20 heavy (non-hydrogen) atoms. The molecule has 0 aliphatic carbocycles. The number of thioether (sulfide) groups is 1. The lowest BCUT2D eigenvalue weighted by molar-refractivity contribution is 0.214. The summed E-state index contributed by atoms with van der Waals surface area (Å²) in [6.45, 7) is 1.02. The largest absolute Gasteiger partial charge is 0.351 e. The van der Waals surface area contributed by atoms with Gasteiger partial charge in [-0.1, -0.05) is 23.4 Å². The fourth-order valence-electron chi connectivity index (χ4n) is 1.62. The number of fused-ring (bicyclic) bond motifs is 1. The maximum absolute atomic E-state index is 11.2. The lowest BCUT2D eigenvalue weighted by Gasteiger charge is -2.18. The van der Waals surface area contributed by atoms with Gasteiger partial charge in [-0.3, -0.25) is 0 Å². The highest BCUT2D eigenvalue weighted by Crippen LogP contribution is 2.30. The van der Waals surface area contributed by atoms with Crippen LogP contribution in [0.3, 0.4) is 0 Å². The molecule has 0 saturated carbocycles. The van der Waals surface area contributed by atoms with Crippen LogP contribution in [0.1, 0.15) is 0 Å². The average molecular weight is 350 g/mol. The Kier molecular flexibility index (Phi) is 5.77. The summed E-state index contributed by atoms with van der Waals surface area (Å²) in [6, 6.07) is 5.22. The van der Waals surface area contributed by atoms with Gasteiger partial charge in [0.05, 0.1) is 10.2 Å². The number of primary amides is 1. The number of hydrogen-bond donors (Lipinski definition) is 1. The smallest absolute Gasteiger partial charge is 0.314 e. The predicted molar refractivity (Wildman–Crippen MR) is 87.2 cm³/mol. The predicted octanol–water partition coefficient (Wildman–Crippen LogP) is 3.66. The molecule has 2 rings (SSSR count). The number of carbonyl (C=O) groups excluding carboxylic acids is 1. The molecule has 2 N–H and O–H groups in total. The SMILES string of the molecule is NC(=O)N(CCCl)CCSc1nc2cc(Cl)ccc2s1. The summed E-state index contributed by atoms with van der Waals surface area (Å²) in [6.07, 6.45) is 0. The summed E-state index contributed by atoms with van der Waals surface area (Å²) in [4.78, 5) is 17.2. The number of alkyl halides is 1. The summed E-state index contributed by atoms with van der Waals surface area (Å²) in [5.41, 5.74) is 6.17. The molecule has 0 bridgehead atoms. The van der Waals surface area contributed by atoms with Gasteiger partial charge in [0.2, 0.25) is 0 Å². The Morgan fingerprint density at radius 1 is 1.45 bits per heavy atom. The Balaban J connectivity index is 1.93. The number of urea groups is 1. The van der Waals surface area contributed by atoms with Gasteiger partial charge in [0, 0.05) is 29.7 Å². The molecule has 1 aromatic carbocycles. The van der Waals surface area contributed by atoms with Crippen molar-refractivity contribution in [1.29, 1.82) is 0 Å².